The zero-order valence-corrected chi connectivity index (χ0v) is 16.8. The molecule has 1 aromatic carbocycles. The Balaban J connectivity index is 1.82. The Hall–Kier alpha value is -3.00. The van der Waals surface area contributed by atoms with Crippen molar-refractivity contribution in [3.8, 4) is 0 Å². The van der Waals surface area contributed by atoms with Gasteiger partial charge >= 0.3 is 11.9 Å². The molecule has 7 nitrogen and oxygen atoms in total. The fourth-order valence-electron chi connectivity index (χ4n) is 3.62. The lowest BCUT2D eigenvalue weighted by Gasteiger charge is -2.14. The number of carboxylic acid groups (broad SMARTS) is 1. The highest BCUT2D eigenvalue weighted by molar-refractivity contribution is 7.19. The number of esters is 1. The molecule has 1 aliphatic rings. The summed E-state index contributed by atoms with van der Waals surface area (Å²) in [4.78, 5) is 34.9. The molecule has 0 saturated heterocycles. The van der Waals surface area contributed by atoms with Crippen molar-refractivity contribution in [3.63, 3.8) is 0 Å². The van der Waals surface area contributed by atoms with E-state index in [0.717, 1.165) is 35.9 Å². The Bertz CT molecular complexity index is 1090. The molecule has 1 aliphatic carbocycles. The van der Waals surface area contributed by atoms with Crippen molar-refractivity contribution in [1.82, 2.24) is 9.97 Å². The number of hydrogen-bond donors (Lipinski definition) is 2. The number of carbonyl (C=O) groups is 2. The number of fused-ring (bicyclic) bond motifs is 3. The molecule has 2 heterocycles. The molecular formula is C21H21N3O4S. The number of ether oxygens (including phenoxy) is 1. The first kappa shape index (κ1) is 19.3. The van der Waals surface area contributed by atoms with Crippen molar-refractivity contribution in [1.29, 1.82) is 0 Å². The molecule has 2 N–H and O–H groups in total. The Kier molecular flexibility index (Phi) is 5.44. The molecule has 2 aromatic heterocycles. The summed E-state index contributed by atoms with van der Waals surface area (Å²) in [5.74, 6) is -0.491. The van der Waals surface area contributed by atoms with E-state index < -0.39 is 5.97 Å². The van der Waals surface area contributed by atoms with Crippen LogP contribution in [0, 0.1) is 0 Å². The number of anilines is 2. The highest BCUT2D eigenvalue weighted by Crippen LogP contribution is 2.39. The molecule has 3 aromatic rings. The molecule has 29 heavy (non-hydrogen) atoms. The zero-order valence-electron chi connectivity index (χ0n) is 16.0. The summed E-state index contributed by atoms with van der Waals surface area (Å²) < 4.78 is 5.03. The fourth-order valence-corrected chi connectivity index (χ4v) is 4.90. The number of aromatic nitrogens is 2. The van der Waals surface area contributed by atoms with E-state index in [2.05, 4.69) is 15.3 Å². The Morgan fingerprint density at radius 1 is 1.21 bits per heavy atom. The molecule has 8 heteroatoms. The maximum Gasteiger partial charge on any atom is 0.337 e. The van der Waals surface area contributed by atoms with Crippen LogP contribution in [0.5, 0.6) is 0 Å². The van der Waals surface area contributed by atoms with E-state index in [9.17, 15) is 14.7 Å². The van der Waals surface area contributed by atoms with Gasteiger partial charge in [-0.3, -0.25) is 4.79 Å². The first-order valence-electron chi connectivity index (χ1n) is 9.63. The Labute approximate surface area is 171 Å². The van der Waals surface area contributed by atoms with E-state index in [4.69, 9.17) is 4.74 Å². The smallest absolute Gasteiger partial charge is 0.337 e. The number of aromatic carboxylic acids is 1. The third-order valence-corrected chi connectivity index (χ3v) is 6.06. The normalized spacial score (nSPS) is 13.1. The lowest BCUT2D eigenvalue weighted by molar-refractivity contribution is -0.142. The number of rotatable bonds is 6. The molecule has 0 unspecified atom stereocenters. The number of thiophene rings is 1. The van der Waals surface area contributed by atoms with Gasteiger partial charge in [0.25, 0.3) is 0 Å². The van der Waals surface area contributed by atoms with Crippen molar-refractivity contribution in [3.05, 3.63) is 46.1 Å². The van der Waals surface area contributed by atoms with Gasteiger partial charge in [-0.1, -0.05) is 12.1 Å². The second-order valence-electron chi connectivity index (χ2n) is 6.84. The van der Waals surface area contributed by atoms with Gasteiger partial charge in [-0.15, -0.1) is 11.3 Å². The number of carbonyl (C=O) groups excluding carboxylic acids is 1. The van der Waals surface area contributed by atoms with Gasteiger partial charge in [-0.2, -0.15) is 0 Å². The van der Waals surface area contributed by atoms with Crippen LogP contribution in [0.2, 0.25) is 0 Å². The molecule has 0 spiro atoms. The van der Waals surface area contributed by atoms with Gasteiger partial charge in [0.15, 0.2) is 0 Å². The highest BCUT2D eigenvalue weighted by Gasteiger charge is 2.23. The van der Waals surface area contributed by atoms with Crippen molar-refractivity contribution in [2.75, 3.05) is 11.9 Å². The van der Waals surface area contributed by atoms with E-state index in [1.807, 2.05) is 0 Å². The lowest BCUT2D eigenvalue weighted by Crippen LogP contribution is -2.12. The van der Waals surface area contributed by atoms with Crippen LogP contribution in [0.25, 0.3) is 10.2 Å². The Morgan fingerprint density at radius 3 is 2.79 bits per heavy atom. The number of aryl methyl sites for hydroxylation is 2. The summed E-state index contributed by atoms with van der Waals surface area (Å²) in [5, 5.41) is 13.6. The molecule has 0 aliphatic heterocycles. The molecule has 0 bridgehead atoms. The first-order chi connectivity index (χ1) is 14.1. The number of benzene rings is 1. The summed E-state index contributed by atoms with van der Waals surface area (Å²) in [6, 6.07) is 6.71. The minimum Gasteiger partial charge on any atom is -0.478 e. The first-order valence-corrected chi connectivity index (χ1v) is 10.4. The van der Waals surface area contributed by atoms with E-state index in [1.165, 1.54) is 10.4 Å². The standard InChI is InChI=1S/C21H21N3O4S/c1-2-28-17(25)11-16-23-19(22-14-9-5-3-7-12(14)21(26)27)18-13-8-4-6-10-15(13)29-20(18)24-16/h3,5,7,9H,2,4,6,8,10-11H2,1H3,(H,26,27)(H,22,23,24). The number of nitrogens with one attached hydrogen (secondary N) is 1. The third-order valence-electron chi connectivity index (χ3n) is 4.88. The second-order valence-corrected chi connectivity index (χ2v) is 7.92. The molecule has 4 rings (SSSR count). The minimum atomic E-state index is -1.02. The van der Waals surface area contributed by atoms with Crippen LogP contribution < -0.4 is 5.32 Å². The summed E-state index contributed by atoms with van der Waals surface area (Å²) in [6.07, 6.45) is 4.18. The summed E-state index contributed by atoms with van der Waals surface area (Å²) in [7, 11) is 0. The average molecular weight is 411 g/mol. The van der Waals surface area contributed by atoms with Crippen molar-refractivity contribution >= 4 is 45.0 Å². The molecular weight excluding hydrogens is 390 g/mol. The lowest BCUT2D eigenvalue weighted by atomic mass is 9.97. The Morgan fingerprint density at radius 2 is 2.00 bits per heavy atom. The topological polar surface area (TPSA) is 101 Å². The van der Waals surface area contributed by atoms with Gasteiger partial charge in [-0.25, -0.2) is 14.8 Å². The highest BCUT2D eigenvalue weighted by atomic mass is 32.1. The van der Waals surface area contributed by atoms with E-state index >= 15 is 0 Å². The van der Waals surface area contributed by atoms with E-state index in [0.29, 0.717) is 23.9 Å². The average Bonchev–Trinajstić information content (AvgIpc) is 3.07. The predicted molar refractivity (Wildman–Crippen MR) is 111 cm³/mol. The SMILES string of the molecule is CCOC(=O)Cc1nc(Nc2ccccc2C(=O)O)c2c3c(sc2n1)CCCC3. The number of para-hydroxylation sites is 1. The van der Waals surface area contributed by atoms with Crippen LogP contribution in [-0.2, 0) is 28.8 Å². The van der Waals surface area contributed by atoms with Gasteiger partial charge in [0.1, 0.15) is 22.9 Å². The monoisotopic (exact) mass is 411 g/mol. The maximum atomic E-state index is 12.0. The van der Waals surface area contributed by atoms with Gasteiger partial charge < -0.3 is 15.2 Å². The van der Waals surface area contributed by atoms with Gasteiger partial charge in [0.2, 0.25) is 0 Å². The quantitative estimate of drug-likeness (QED) is 0.588. The van der Waals surface area contributed by atoms with Crippen LogP contribution in [0.1, 0.15) is 46.4 Å². The van der Waals surface area contributed by atoms with Crippen molar-refractivity contribution in [2.24, 2.45) is 0 Å². The van der Waals surface area contributed by atoms with Crippen LogP contribution >= 0.6 is 11.3 Å². The van der Waals surface area contributed by atoms with Crippen LogP contribution in [0.3, 0.4) is 0 Å². The van der Waals surface area contributed by atoms with Crippen LogP contribution in [-0.4, -0.2) is 33.6 Å². The molecule has 0 atom stereocenters. The van der Waals surface area contributed by atoms with Crippen LogP contribution in [0.4, 0.5) is 11.5 Å². The summed E-state index contributed by atoms with van der Waals surface area (Å²) in [5.41, 5.74) is 1.85. The molecule has 0 fully saturated rings. The molecule has 0 saturated carbocycles. The van der Waals surface area contributed by atoms with Gasteiger partial charge in [0, 0.05) is 4.88 Å². The maximum absolute atomic E-state index is 12.0. The molecule has 150 valence electrons. The van der Waals surface area contributed by atoms with Gasteiger partial charge in [0.05, 0.1) is 23.2 Å². The predicted octanol–water partition coefficient (Wildman–Crippen LogP) is 4.12. The number of hydrogen-bond acceptors (Lipinski definition) is 7. The van der Waals surface area contributed by atoms with Crippen molar-refractivity contribution in [2.45, 2.75) is 39.0 Å². The summed E-state index contributed by atoms with van der Waals surface area (Å²) in [6.45, 7) is 2.05. The van der Waals surface area contributed by atoms with Crippen LogP contribution in [0.15, 0.2) is 24.3 Å². The van der Waals surface area contributed by atoms with Gasteiger partial charge in [-0.05, 0) is 50.3 Å². The number of carboxylic acids is 1. The third kappa shape index (κ3) is 3.93. The molecule has 0 radical (unpaired) electrons. The molecule has 0 amide bonds. The summed E-state index contributed by atoms with van der Waals surface area (Å²) >= 11 is 1.63. The minimum absolute atomic E-state index is 0.0262. The van der Waals surface area contributed by atoms with E-state index in [-0.39, 0.29) is 18.0 Å². The fraction of sp³-hybridized carbons (Fsp3) is 0.333. The second kappa shape index (κ2) is 8.16. The largest absolute Gasteiger partial charge is 0.478 e. The zero-order chi connectivity index (χ0) is 20.4. The van der Waals surface area contributed by atoms with Crippen molar-refractivity contribution < 1.29 is 19.4 Å². The van der Waals surface area contributed by atoms with E-state index in [1.54, 1.807) is 42.5 Å². The number of nitrogens with zero attached hydrogens (tertiary/aromatic N) is 2.